The van der Waals surface area contributed by atoms with Crippen LogP contribution in [0.4, 0.5) is 5.69 Å². The average Bonchev–Trinajstić information content (AvgIpc) is 2.92. The van der Waals surface area contributed by atoms with E-state index in [2.05, 4.69) is 10.5 Å². The van der Waals surface area contributed by atoms with Crippen LogP contribution >= 0.6 is 0 Å². The third-order valence-electron chi connectivity index (χ3n) is 3.45. The molecule has 0 aliphatic carbocycles. The number of amides is 2. The number of nitrogens with one attached hydrogen (secondary N) is 1. The first-order valence-corrected chi connectivity index (χ1v) is 7.13. The minimum absolute atomic E-state index is 0.0315. The summed E-state index contributed by atoms with van der Waals surface area (Å²) in [6, 6.07) is 14.5. The Hall–Kier alpha value is -3.15. The van der Waals surface area contributed by atoms with Crippen molar-refractivity contribution < 1.29 is 14.4 Å². The third kappa shape index (κ3) is 3.37. The molecule has 6 nitrogen and oxygen atoms in total. The van der Waals surface area contributed by atoms with Crippen LogP contribution in [0, 0.1) is 0 Å². The Morgan fingerprint density at radius 1 is 1.17 bits per heavy atom. The van der Waals surface area contributed by atoms with Gasteiger partial charge in [-0.25, -0.2) is 0 Å². The van der Waals surface area contributed by atoms with Crippen LogP contribution in [0.1, 0.15) is 17.5 Å². The van der Waals surface area contributed by atoms with Gasteiger partial charge in [-0.3, -0.25) is 9.59 Å². The normalized spacial score (nSPS) is 13.4. The molecule has 2 amide bonds. The van der Waals surface area contributed by atoms with Gasteiger partial charge >= 0.3 is 0 Å². The molecule has 116 valence electrons. The number of hydrogen-bond donors (Lipinski definition) is 2. The lowest BCUT2D eigenvalue weighted by Gasteiger charge is -2.07. The molecule has 3 rings (SSSR count). The summed E-state index contributed by atoms with van der Waals surface area (Å²) in [4.78, 5) is 28.3. The van der Waals surface area contributed by atoms with E-state index in [4.69, 9.17) is 10.6 Å². The number of primary amides is 1. The molecule has 3 N–H and O–H groups in total. The SMILES string of the molecule is NC(=O)C/C(=N\Oc1cccc2c1CC(=O)N2)c1ccccc1. The molecule has 2 aromatic rings. The highest BCUT2D eigenvalue weighted by molar-refractivity contribution is 6.10. The molecule has 0 fully saturated rings. The van der Waals surface area contributed by atoms with Crippen molar-refractivity contribution in [3.63, 3.8) is 0 Å². The second-order valence-corrected chi connectivity index (χ2v) is 5.15. The fraction of sp³-hybridized carbons (Fsp3) is 0.118. The number of carbonyl (C=O) groups excluding carboxylic acids is 2. The van der Waals surface area contributed by atoms with Gasteiger partial charge < -0.3 is 15.9 Å². The van der Waals surface area contributed by atoms with Crippen molar-refractivity contribution in [1.82, 2.24) is 0 Å². The largest absolute Gasteiger partial charge is 0.369 e. The van der Waals surface area contributed by atoms with Gasteiger partial charge in [-0.05, 0) is 17.7 Å². The van der Waals surface area contributed by atoms with Gasteiger partial charge in [0.25, 0.3) is 0 Å². The molecule has 0 radical (unpaired) electrons. The summed E-state index contributed by atoms with van der Waals surface area (Å²) in [6.45, 7) is 0. The first-order chi connectivity index (χ1) is 11.1. The predicted molar refractivity (Wildman–Crippen MR) is 86.2 cm³/mol. The highest BCUT2D eigenvalue weighted by Gasteiger charge is 2.21. The minimum atomic E-state index is -0.494. The van der Waals surface area contributed by atoms with Crippen molar-refractivity contribution in [2.45, 2.75) is 12.8 Å². The van der Waals surface area contributed by atoms with Gasteiger partial charge in [0.15, 0.2) is 5.75 Å². The molecule has 1 aliphatic rings. The maximum atomic E-state index is 11.5. The average molecular weight is 309 g/mol. The van der Waals surface area contributed by atoms with Crippen LogP contribution in [-0.2, 0) is 16.0 Å². The second kappa shape index (κ2) is 6.31. The predicted octanol–water partition coefficient (Wildman–Crippen LogP) is 1.84. The van der Waals surface area contributed by atoms with E-state index in [1.165, 1.54) is 0 Å². The zero-order chi connectivity index (χ0) is 16.2. The summed E-state index contributed by atoms with van der Waals surface area (Å²) in [5.74, 6) is -0.0921. The number of carbonyl (C=O) groups is 2. The van der Waals surface area contributed by atoms with Crippen molar-refractivity contribution in [2.24, 2.45) is 10.9 Å². The van der Waals surface area contributed by atoms with Crippen LogP contribution in [0.5, 0.6) is 5.75 Å². The summed E-state index contributed by atoms with van der Waals surface area (Å²) in [7, 11) is 0. The molecule has 6 heteroatoms. The Labute approximate surface area is 132 Å². The Balaban J connectivity index is 1.89. The molecule has 2 aromatic carbocycles. The maximum Gasteiger partial charge on any atom is 0.229 e. The number of fused-ring (bicyclic) bond motifs is 1. The van der Waals surface area contributed by atoms with E-state index in [0.29, 0.717) is 11.5 Å². The lowest BCUT2D eigenvalue weighted by molar-refractivity contribution is -0.117. The summed E-state index contributed by atoms with van der Waals surface area (Å²) < 4.78 is 0. The van der Waals surface area contributed by atoms with Gasteiger partial charge in [-0.1, -0.05) is 41.6 Å². The topological polar surface area (TPSA) is 93.8 Å². The van der Waals surface area contributed by atoms with Crippen molar-refractivity contribution >= 4 is 23.2 Å². The zero-order valence-corrected chi connectivity index (χ0v) is 12.3. The summed E-state index contributed by atoms with van der Waals surface area (Å²) >= 11 is 0. The summed E-state index contributed by atoms with van der Waals surface area (Å²) in [5.41, 5.74) is 7.95. The summed E-state index contributed by atoms with van der Waals surface area (Å²) in [6.07, 6.45) is 0.216. The first kappa shape index (κ1) is 14.8. The third-order valence-corrected chi connectivity index (χ3v) is 3.45. The number of oxime groups is 1. The molecule has 0 atom stereocenters. The van der Waals surface area contributed by atoms with Gasteiger partial charge in [0.05, 0.1) is 18.6 Å². The van der Waals surface area contributed by atoms with Crippen molar-refractivity contribution in [3.8, 4) is 5.75 Å². The Bertz CT molecular complexity index is 785. The van der Waals surface area contributed by atoms with Crippen LogP contribution in [0.3, 0.4) is 0 Å². The first-order valence-electron chi connectivity index (χ1n) is 7.13. The van der Waals surface area contributed by atoms with E-state index >= 15 is 0 Å². The molecular formula is C17H15N3O3. The standard InChI is InChI=1S/C17H15N3O3/c18-16(21)10-14(11-5-2-1-3-6-11)20-23-15-8-4-7-13-12(15)9-17(22)19-13/h1-8H,9-10H2,(H2,18,21)(H,19,22)/b20-14+. The highest BCUT2D eigenvalue weighted by atomic mass is 16.6. The number of anilines is 1. The van der Waals surface area contributed by atoms with E-state index in [0.717, 1.165) is 16.8 Å². The molecule has 0 bridgehead atoms. The number of benzene rings is 2. The monoisotopic (exact) mass is 309 g/mol. The van der Waals surface area contributed by atoms with Gasteiger partial charge in [-0.2, -0.15) is 0 Å². The van der Waals surface area contributed by atoms with Crippen LogP contribution in [-0.4, -0.2) is 17.5 Å². The van der Waals surface area contributed by atoms with Gasteiger partial charge in [0.2, 0.25) is 11.8 Å². The lowest BCUT2D eigenvalue weighted by Crippen LogP contribution is -2.17. The quantitative estimate of drug-likeness (QED) is 0.652. The fourth-order valence-corrected chi connectivity index (χ4v) is 2.39. The smallest absolute Gasteiger partial charge is 0.229 e. The minimum Gasteiger partial charge on any atom is -0.369 e. The molecule has 0 saturated heterocycles. The zero-order valence-electron chi connectivity index (χ0n) is 12.3. The molecule has 0 aromatic heterocycles. The molecule has 1 heterocycles. The van der Waals surface area contributed by atoms with Gasteiger partial charge in [-0.15, -0.1) is 0 Å². The second-order valence-electron chi connectivity index (χ2n) is 5.15. The van der Waals surface area contributed by atoms with E-state index < -0.39 is 5.91 Å². The number of nitrogens with two attached hydrogens (primary N) is 1. The Kier molecular flexibility index (Phi) is 4.05. The molecule has 0 unspecified atom stereocenters. The van der Waals surface area contributed by atoms with Gasteiger partial charge in [0.1, 0.15) is 0 Å². The number of hydrogen-bond acceptors (Lipinski definition) is 4. The Morgan fingerprint density at radius 3 is 2.70 bits per heavy atom. The fourth-order valence-electron chi connectivity index (χ4n) is 2.39. The lowest BCUT2D eigenvalue weighted by atomic mass is 10.1. The molecular weight excluding hydrogens is 294 g/mol. The van der Waals surface area contributed by atoms with E-state index in [1.54, 1.807) is 18.2 Å². The van der Waals surface area contributed by atoms with Crippen LogP contribution in [0.15, 0.2) is 53.7 Å². The van der Waals surface area contributed by atoms with Crippen molar-refractivity contribution in [2.75, 3.05) is 5.32 Å². The molecule has 23 heavy (non-hydrogen) atoms. The maximum absolute atomic E-state index is 11.5. The highest BCUT2D eigenvalue weighted by Crippen LogP contribution is 2.31. The van der Waals surface area contributed by atoms with E-state index in [-0.39, 0.29) is 18.7 Å². The van der Waals surface area contributed by atoms with Crippen molar-refractivity contribution in [1.29, 1.82) is 0 Å². The van der Waals surface area contributed by atoms with E-state index in [9.17, 15) is 9.59 Å². The molecule has 0 spiro atoms. The van der Waals surface area contributed by atoms with Crippen LogP contribution < -0.4 is 15.9 Å². The molecule has 1 aliphatic heterocycles. The summed E-state index contributed by atoms with van der Waals surface area (Å²) in [5, 5.41) is 6.83. The number of nitrogens with zero attached hydrogens (tertiary/aromatic N) is 1. The van der Waals surface area contributed by atoms with Gasteiger partial charge in [0, 0.05) is 11.3 Å². The Morgan fingerprint density at radius 2 is 1.96 bits per heavy atom. The van der Waals surface area contributed by atoms with Crippen molar-refractivity contribution in [3.05, 3.63) is 59.7 Å². The number of rotatable bonds is 5. The van der Waals surface area contributed by atoms with E-state index in [1.807, 2.05) is 30.3 Å². The van der Waals surface area contributed by atoms with Crippen LogP contribution in [0.25, 0.3) is 0 Å². The molecule has 0 saturated carbocycles. The van der Waals surface area contributed by atoms with Crippen LogP contribution in [0.2, 0.25) is 0 Å².